The minimum atomic E-state index is -0.114. The highest BCUT2D eigenvalue weighted by Crippen LogP contribution is 2.09. The molecule has 0 spiro atoms. The molecule has 0 saturated carbocycles. The third-order valence-electron chi connectivity index (χ3n) is 4.14. The Balaban J connectivity index is 3.22. The van der Waals surface area contributed by atoms with Crippen LogP contribution in [0.25, 0.3) is 0 Å². The molecule has 2 amide bonds. The third kappa shape index (κ3) is 21.7. The molecular formula is C22H44N2O7. The Morgan fingerprint density at radius 2 is 1.19 bits per heavy atom. The zero-order valence-corrected chi connectivity index (χ0v) is 20.1. The Bertz CT molecular complexity index is 456. The van der Waals surface area contributed by atoms with Crippen LogP contribution in [0.2, 0.25) is 0 Å². The van der Waals surface area contributed by atoms with Gasteiger partial charge in [-0.15, -0.1) is 0 Å². The van der Waals surface area contributed by atoms with Crippen molar-refractivity contribution in [1.29, 1.82) is 0 Å². The summed E-state index contributed by atoms with van der Waals surface area (Å²) in [7, 11) is 0. The molecule has 184 valence electrons. The van der Waals surface area contributed by atoms with Gasteiger partial charge in [0.15, 0.2) is 0 Å². The number of amides is 2. The highest BCUT2D eigenvalue weighted by molar-refractivity contribution is 5.78. The van der Waals surface area contributed by atoms with Gasteiger partial charge in [0, 0.05) is 19.0 Å². The molecule has 1 atom stereocenters. The summed E-state index contributed by atoms with van der Waals surface area (Å²) in [5, 5.41) is 5.66. The summed E-state index contributed by atoms with van der Waals surface area (Å²) >= 11 is 0. The van der Waals surface area contributed by atoms with Gasteiger partial charge in [0.05, 0.1) is 59.5 Å². The number of ether oxygens (including phenoxy) is 5. The maximum Gasteiger partial charge on any atom is 0.246 e. The van der Waals surface area contributed by atoms with Crippen LogP contribution < -0.4 is 10.6 Å². The number of carbonyl (C=O) groups excluding carboxylic acids is 2. The Hall–Kier alpha value is -1.26. The van der Waals surface area contributed by atoms with Gasteiger partial charge in [-0.25, -0.2) is 0 Å². The first kappa shape index (κ1) is 29.7. The van der Waals surface area contributed by atoms with Crippen molar-refractivity contribution in [2.75, 3.05) is 79.2 Å². The quantitative estimate of drug-likeness (QED) is 0.271. The molecular weight excluding hydrogens is 404 g/mol. The predicted octanol–water partition coefficient (Wildman–Crippen LogP) is 1.39. The topological polar surface area (TPSA) is 104 Å². The lowest BCUT2D eigenvalue weighted by molar-refractivity contribution is -0.126. The van der Waals surface area contributed by atoms with Crippen LogP contribution in [0.4, 0.5) is 0 Å². The predicted molar refractivity (Wildman–Crippen MR) is 119 cm³/mol. The van der Waals surface area contributed by atoms with E-state index in [9.17, 15) is 9.59 Å². The Kier molecular flexibility index (Phi) is 18.6. The average molecular weight is 449 g/mol. The highest BCUT2D eigenvalue weighted by Gasteiger charge is 2.11. The molecule has 9 heteroatoms. The van der Waals surface area contributed by atoms with Gasteiger partial charge in [0.1, 0.15) is 6.61 Å². The minimum absolute atomic E-state index is 0.0404. The SMILES string of the molecule is CCC(C)C(=O)NCCOCCOCCOCCOCCOCC(=O)NCC(C)(C)C. The molecule has 9 nitrogen and oxygen atoms in total. The van der Waals surface area contributed by atoms with Crippen LogP contribution in [0.5, 0.6) is 0 Å². The molecule has 0 heterocycles. The van der Waals surface area contributed by atoms with Crippen LogP contribution in [-0.4, -0.2) is 91.0 Å². The van der Waals surface area contributed by atoms with Gasteiger partial charge in [-0.3, -0.25) is 9.59 Å². The number of hydrogen-bond donors (Lipinski definition) is 2. The lowest BCUT2D eigenvalue weighted by atomic mass is 9.97. The van der Waals surface area contributed by atoms with Crippen LogP contribution in [0.15, 0.2) is 0 Å². The Labute approximate surface area is 187 Å². The van der Waals surface area contributed by atoms with Gasteiger partial charge < -0.3 is 34.3 Å². The number of rotatable bonds is 20. The van der Waals surface area contributed by atoms with E-state index in [4.69, 9.17) is 23.7 Å². The molecule has 0 aliphatic carbocycles. The highest BCUT2D eigenvalue weighted by atomic mass is 16.6. The van der Waals surface area contributed by atoms with Crippen molar-refractivity contribution in [2.45, 2.75) is 41.0 Å². The fraction of sp³-hybridized carbons (Fsp3) is 0.909. The van der Waals surface area contributed by atoms with Crippen LogP contribution in [-0.2, 0) is 33.3 Å². The standard InChI is InChI=1S/C22H44N2O7/c1-6-19(2)21(26)23-7-8-27-9-10-28-11-12-29-13-14-30-15-16-31-17-20(25)24-18-22(3,4)5/h19H,6-18H2,1-5H3,(H,23,26)(H,24,25). The molecule has 0 radical (unpaired) electrons. The van der Waals surface area contributed by atoms with E-state index < -0.39 is 0 Å². The van der Waals surface area contributed by atoms with Crippen molar-refractivity contribution in [3.63, 3.8) is 0 Å². The van der Waals surface area contributed by atoms with Gasteiger partial charge in [-0.2, -0.15) is 0 Å². The zero-order valence-electron chi connectivity index (χ0n) is 20.1. The molecule has 0 aliphatic rings. The fourth-order valence-corrected chi connectivity index (χ4v) is 2.07. The van der Waals surface area contributed by atoms with Crippen molar-refractivity contribution < 1.29 is 33.3 Å². The van der Waals surface area contributed by atoms with E-state index in [0.717, 1.165) is 6.42 Å². The molecule has 0 aromatic heterocycles. The normalized spacial score (nSPS) is 12.5. The third-order valence-corrected chi connectivity index (χ3v) is 4.14. The second-order valence-electron chi connectivity index (χ2n) is 8.44. The fourth-order valence-electron chi connectivity index (χ4n) is 2.07. The molecule has 1 unspecified atom stereocenters. The first-order valence-corrected chi connectivity index (χ1v) is 11.2. The van der Waals surface area contributed by atoms with E-state index in [2.05, 4.69) is 31.4 Å². The molecule has 2 N–H and O–H groups in total. The van der Waals surface area contributed by atoms with E-state index in [1.807, 2.05) is 13.8 Å². The summed E-state index contributed by atoms with van der Waals surface area (Å²) < 4.78 is 26.8. The molecule has 0 fully saturated rings. The molecule has 0 aliphatic heterocycles. The second kappa shape index (κ2) is 19.4. The molecule has 0 saturated heterocycles. The minimum Gasteiger partial charge on any atom is -0.377 e. The van der Waals surface area contributed by atoms with Gasteiger partial charge in [-0.05, 0) is 11.8 Å². The van der Waals surface area contributed by atoms with Crippen LogP contribution >= 0.6 is 0 Å². The van der Waals surface area contributed by atoms with E-state index in [1.165, 1.54) is 0 Å². The lowest BCUT2D eigenvalue weighted by Crippen LogP contribution is -2.34. The van der Waals surface area contributed by atoms with Crippen molar-refractivity contribution in [3.8, 4) is 0 Å². The number of nitrogens with one attached hydrogen (secondary N) is 2. The van der Waals surface area contributed by atoms with Gasteiger partial charge in [-0.1, -0.05) is 34.6 Å². The summed E-state index contributed by atoms with van der Waals surface area (Å²) in [6.45, 7) is 15.4. The Morgan fingerprint density at radius 3 is 1.65 bits per heavy atom. The first-order chi connectivity index (χ1) is 14.8. The summed E-state index contributed by atoms with van der Waals surface area (Å²) in [6, 6.07) is 0. The largest absolute Gasteiger partial charge is 0.377 e. The molecule has 0 aromatic carbocycles. The maximum absolute atomic E-state index is 11.6. The van der Waals surface area contributed by atoms with Gasteiger partial charge >= 0.3 is 0 Å². The van der Waals surface area contributed by atoms with Crippen molar-refractivity contribution in [2.24, 2.45) is 11.3 Å². The second-order valence-corrected chi connectivity index (χ2v) is 8.44. The van der Waals surface area contributed by atoms with E-state index in [0.29, 0.717) is 72.6 Å². The molecule has 0 aromatic rings. The lowest BCUT2D eigenvalue weighted by Gasteiger charge is -2.18. The molecule has 0 bridgehead atoms. The monoisotopic (exact) mass is 448 g/mol. The first-order valence-electron chi connectivity index (χ1n) is 11.2. The van der Waals surface area contributed by atoms with Crippen LogP contribution in [0.3, 0.4) is 0 Å². The molecule has 31 heavy (non-hydrogen) atoms. The number of carbonyl (C=O) groups is 2. The van der Waals surface area contributed by atoms with E-state index in [1.54, 1.807) is 0 Å². The summed E-state index contributed by atoms with van der Waals surface area (Å²) in [5.74, 6) is -0.00864. The summed E-state index contributed by atoms with van der Waals surface area (Å²) in [6.07, 6.45) is 0.835. The maximum atomic E-state index is 11.6. The van der Waals surface area contributed by atoms with Crippen molar-refractivity contribution >= 4 is 11.8 Å². The van der Waals surface area contributed by atoms with Crippen molar-refractivity contribution in [1.82, 2.24) is 10.6 Å². The van der Waals surface area contributed by atoms with Gasteiger partial charge in [0.25, 0.3) is 0 Å². The van der Waals surface area contributed by atoms with Crippen LogP contribution in [0.1, 0.15) is 41.0 Å². The summed E-state index contributed by atoms with van der Waals surface area (Å²) in [5.41, 5.74) is 0.0601. The summed E-state index contributed by atoms with van der Waals surface area (Å²) in [4.78, 5) is 23.1. The van der Waals surface area contributed by atoms with Crippen molar-refractivity contribution in [3.05, 3.63) is 0 Å². The van der Waals surface area contributed by atoms with E-state index >= 15 is 0 Å². The van der Waals surface area contributed by atoms with Gasteiger partial charge in [0.2, 0.25) is 11.8 Å². The van der Waals surface area contributed by atoms with E-state index in [-0.39, 0.29) is 29.8 Å². The average Bonchev–Trinajstić information content (AvgIpc) is 2.73. The molecule has 0 rings (SSSR count). The Morgan fingerprint density at radius 1 is 0.742 bits per heavy atom. The zero-order chi connectivity index (χ0) is 23.4. The van der Waals surface area contributed by atoms with Crippen LogP contribution in [0, 0.1) is 11.3 Å². The smallest absolute Gasteiger partial charge is 0.246 e. The number of hydrogen-bond acceptors (Lipinski definition) is 7.